The lowest BCUT2D eigenvalue weighted by Gasteiger charge is -2.31. The normalized spacial score (nSPS) is 21.5. The first kappa shape index (κ1) is 12.4. The first-order valence-corrected chi connectivity index (χ1v) is 6.30. The lowest BCUT2D eigenvalue weighted by Crippen LogP contribution is -2.42. The molecule has 1 saturated heterocycles. The van der Waals surface area contributed by atoms with Crippen molar-refractivity contribution < 1.29 is 4.74 Å². The zero-order valence-corrected chi connectivity index (χ0v) is 10.8. The van der Waals surface area contributed by atoms with E-state index in [9.17, 15) is 0 Å². The van der Waals surface area contributed by atoms with Gasteiger partial charge in [-0.05, 0) is 49.6 Å². The fraction of sp³-hybridized carbons (Fsp3) is 0.571. The Morgan fingerprint density at radius 3 is 2.94 bits per heavy atom. The number of rotatable bonds is 3. The largest absolute Gasteiger partial charge is 0.497 e. The van der Waals surface area contributed by atoms with E-state index in [1.165, 1.54) is 24.1 Å². The molecule has 1 aliphatic heterocycles. The highest BCUT2D eigenvalue weighted by Gasteiger charge is 2.17. The van der Waals surface area contributed by atoms with Crippen LogP contribution in [0, 0.1) is 6.92 Å². The third-order valence-electron chi connectivity index (χ3n) is 3.49. The highest BCUT2D eigenvalue weighted by atomic mass is 16.5. The van der Waals surface area contributed by atoms with Gasteiger partial charge in [0.25, 0.3) is 0 Å². The molecule has 1 heterocycles. The molecular weight excluding hydrogens is 212 g/mol. The van der Waals surface area contributed by atoms with Gasteiger partial charge in [-0.1, -0.05) is 6.07 Å². The Kier molecular flexibility index (Phi) is 4.02. The zero-order chi connectivity index (χ0) is 12.3. The Labute approximate surface area is 104 Å². The molecule has 0 aliphatic carbocycles. The molecule has 2 N–H and O–H groups in total. The van der Waals surface area contributed by atoms with Crippen molar-refractivity contribution in [1.82, 2.24) is 4.90 Å². The second-order valence-electron chi connectivity index (χ2n) is 4.93. The van der Waals surface area contributed by atoms with Gasteiger partial charge in [0.1, 0.15) is 5.75 Å². The average Bonchev–Trinajstić information content (AvgIpc) is 2.32. The first-order chi connectivity index (χ1) is 8.19. The van der Waals surface area contributed by atoms with E-state index >= 15 is 0 Å². The van der Waals surface area contributed by atoms with Gasteiger partial charge in [-0.15, -0.1) is 0 Å². The van der Waals surface area contributed by atoms with Gasteiger partial charge in [0.15, 0.2) is 0 Å². The predicted molar refractivity (Wildman–Crippen MR) is 70.2 cm³/mol. The summed E-state index contributed by atoms with van der Waals surface area (Å²) in [6, 6.07) is 6.64. The minimum absolute atomic E-state index is 0.349. The van der Waals surface area contributed by atoms with Crippen LogP contribution >= 0.6 is 0 Å². The van der Waals surface area contributed by atoms with Crippen LogP contribution in [-0.2, 0) is 6.54 Å². The summed E-state index contributed by atoms with van der Waals surface area (Å²) in [5, 5.41) is 0. The predicted octanol–water partition coefficient (Wildman–Crippen LogP) is 1.93. The Morgan fingerprint density at radius 1 is 1.47 bits per heavy atom. The van der Waals surface area contributed by atoms with Crippen molar-refractivity contribution in [3.63, 3.8) is 0 Å². The quantitative estimate of drug-likeness (QED) is 0.868. The van der Waals surface area contributed by atoms with E-state index < -0.39 is 0 Å². The van der Waals surface area contributed by atoms with Crippen molar-refractivity contribution >= 4 is 0 Å². The zero-order valence-electron chi connectivity index (χ0n) is 10.8. The minimum atomic E-state index is 0.349. The maximum Gasteiger partial charge on any atom is 0.119 e. The number of hydrogen-bond acceptors (Lipinski definition) is 3. The standard InChI is InChI=1S/C14H22N2O/c1-11-8-14(17-2)6-5-12(11)9-16-7-3-4-13(15)10-16/h5-6,8,13H,3-4,7,9-10,15H2,1-2H3/t13-/m1/s1. The molecule has 1 atom stereocenters. The van der Waals surface area contributed by atoms with Crippen LogP contribution in [0.25, 0.3) is 0 Å². The molecule has 0 aromatic heterocycles. The van der Waals surface area contributed by atoms with E-state index in [2.05, 4.69) is 24.0 Å². The highest BCUT2D eigenvalue weighted by Crippen LogP contribution is 2.19. The number of methoxy groups -OCH3 is 1. The molecule has 2 rings (SSSR count). The maximum atomic E-state index is 6.00. The van der Waals surface area contributed by atoms with E-state index in [4.69, 9.17) is 10.5 Å². The van der Waals surface area contributed by atoms with E-state index in [1.807, 2.05) is 6.07 Å². The molecule has 1 aliphatic rings. The molecule has 0 radical (unpaired) electrons. The van der Waals surface area contributed by atoms with Crippen LogP contribution in [0.3, 0.4) is 0 Å². The van der Waals surface area contributed by atoms with Crippen LogP contribution in [0.15, 0.2) is 18.2 Å². The van der Waals surface area contributed by atoms with Crippen molar-refractivity contribution in [3.05, 3.63) is 29.3 Å². The number of hydrogen-bond donors (Lipinski definition) is 1. The monoisotopic (exact) mass is 234 g/mol. The fourth-order valence-corrected chi connectivity index (χ4v) is 2.45. The Morgan fingerprint density at radius 2 is 2.29 bits per heavy atom. The molecule has 3 heteroatoms. The van der Waals surface area contributed by atoms with Crippen LogP contribution in [0.5, 0.6) is 5.75 Å². The van der Waals surface area contributed by atoms with E-state index in [0.717, 1.165) is 25.3 Å². The Balaban J connectivity index is 2.02. The second kappa shape index (κ2) is 5.52. The first-order valence-electron chi connectivity index (χ1n) is 6.30. The fourth-order valence-electron chi connectivity index (χ4n) is 2.45. The summed E-state index contributed by atoms with van der Waals surface area (Å²) < 4.78 is 5.22. The SMILES string of the molecule is COc1ccc(CN2CCC[C@@H](N)C2)c(C)c1. The number of aryl methyl sites for hydroxylation is 1. The topological polar surface area (TPSA) is 38.5 Å². The molecule has 94 valence electrons. The Bertz CT molecular complexity index is 378. The molecule has 0 bridgehead atoms. The third kappa shape index (κ3) is 3.20. The number of benzene rings is 1. The summed E-state index contributed by atoms with van der Waals surface area (Å²) in [6.07, 6.45) is 2.38. The highest BCUT2D eigenvalue weighted by molar-refractivity contribution is 5.34. The number of ether oxygens (including phenoxy) is 1. The van der Waals surface area contributed by atoms with E-state index in [-0.39, 0.29) is 0 Å². The van der Waals surface area contributed by atoms with Crippen LogP contribution in [0.1, 0.15) is 24.0 Å². The summed E-state index contributed by atoms with van der Waals surface area (Å²) in [6.45, 7) is 5.33. The smallest absolute Gasteiger partial charge is 0.119 e. The molecule has 1 fully saturated rings. The van der Waals surface area contributed by atoms with Crippen molar-refractivity contribution in [2.75, 3.05) is 20.2 Å². The summed E-state index contributed by atoms with van der Waals surface area (Å²) in [5.41, 5.74) is 8.67. The maximum absolute atomic E-state index is 6.00. The molecule has 1 aromatic carbocycles. The summed E-state index contributed by atoms with van der Waals surface area (Å²) >= 11 is 0. The van der Waals surface area contributed by atoms with E-state index in [0.29, 0.717) is 6.04 Å². The van der Waals surface area contributed by atoms with Crippen molar-refractivity contribution in [2.24, 2.45) is 5.73 Å². The average molecular weight is 234 g/mol. The van der Waals surface area contributed by atoms with E-state index in [1.54, 1.807) is 7.11 Å². The molecular formula is C14H22N2O. The van der Waals surface area contributed by atoms with Crippen molar-refractivity contribution in [1.29, 1.82) is 0 Å². The van der Waals surface area contributed by atoms with Crippen LogP contribution in [-0.4, -0.2) is 31.1 Å². The number of nitrogens with two attached hydrogens (primary N) is 1. The lowest BCUT2D eigenvalue weighted by molar-refractivity contribution is 0.201. The molecule has 3 nitrogen and oxygen atoms in total. The third-order valence-corrected chi connectivity index (χ3v) is 3.49. The molecule has 0 amide bonds. The van der Waals surface area contributed by atoms with Gasteiger partial charge in [-0.3, -0.25) is 4.90 Å². The second-order valence-corrected chi connectivity index (χ2v) is 4.93. The minimum Gasteiger partial charge on any atom is -0.497 e. The molecule has 0 unspecified atom stereocenters. The van der Waals surface area contributed by atoms with Crippen molar-refractivity contribution in [3.8, 4) is 5.75 Å². The van der Waals surface area contributed by atoms with Gasteiger partial charge in [0.05, 0.1) is 7.11 Å². The number of nitrogens with zero attached hydrogens (tertiary/aromatic N) is 1. The molecule has 17 heavy (non-hydrogen) atoms. The van der Waals surface area contributed by atoms with Gasteiger partial charge in [0, 0.05) is 19.1 Å². The number of likely N-dealkylation sites (tertiary alicyclic amines) is 1. The van der Waals surface area contributed by atoms with Gasteiger partial charge < -0.3 is 10.5 Å². The molecule has 1 aromatic rings. The van der Waals surface area contributed by atoms with Crippen molar-refractivity contribution in [2.45, 2.75) is 32.4 Å². The summed E-state index contributed by atoms with van der Waals surface area (Å²) in [7, 11) is 1.71. The summed E-state index contributed by atoms with van der Waals surface area (Å²) in [5.74, 6) is 0.932. The Hall–Kier alpha value is -1.06. The number of piperidine rings is 1. The van der Waals surface area contributed by atoms with Gasteiger partial charge in [-0.2, -0.15) is 0 Å². The van der Waals surface area contributed by atoms with Gasteiger partial charge in [-0.25, -0.2) is 0 Å². The van der Waals surface area contributed by atoms with Crippen LogP contribution < -0.4 is 10.5 Å². The molecule has 0 saturated carbocycles. The summed E-state index contributed by atoms with van der Waals surface area (Å²) in [4.78, 5) is 2.45. The molecule has 0 spiro atoms. The van der Waals surface area contributed by atoms with Gasteiger partial charge >= 0.3 is 0 Å². The lowest BCUT2D eigenvalue weighted by atomic mass is 10.0. The van der Waals surface area contributed by atoms with Gasteiger partial charge in [0.2, 0.25) is 0 Å². The van der Waals surface area contributed by atoms with Crippen LogP contribution in [0.2, 0.25) is 0 Å². The van der Waals surface area contributed by atoms with Crippen LogP contribution in [0.4, 0.5) is 0 Å².